The molecule has 1 aliphatic rings. The van der Waals surface area contributed by atoms with Gasteiger partial charge in [0.05, 0.1) is 16.1 Å². The maximum Gasteiger partial charge on any atom is 0.275 e. The highest BCUT2D eigenvalue weighted by Gasteiger charge is 2.37. The summed E-state index contributed by atoms with van der Waals surface area (Å²) in [6.45, 7) is 1.74. The van der Waals surface area contributed by atoms with Gasteiger partial charge in [-0.25, -0.2) is 4.68 Å². The van der Waals surface area contributed by atoms with Crippen LogP contribution in [0.4, 0.5) is 17.3 Å². The average molecular weight is 487 g/mol. The number of hydrogen-bond acceptors (Lipinski definition) is 6. The molecule has 0 bridgehead atoms. The number of rotatable bonds is 5. The van der Waals surface area contributed by atoms with Crippen molar-refractivity contribution < 1.29 is 9.72 Å². The molecule has 0 aliphatic carbocycles. The Morgan fingerprint density at radius 3 is 2.46 bits per heavy atom. The van der Waals surface area contributed by atoms with E-state index in [0.717, 1.165) is 0 Å². The third-order valence-electron chi connectivity index (χ3n) is 5.66. The number of aromatic nitrogens is 3. The molecule has 10 heteroatoms. The predicted molar refractivity (Wildman–Crippen MR) is 133 cm³/mol. The van der Waals surface area contributed by atoms with Crippen LogP contribution >= 0.6 is 11.6 Å². The number of hydrogen-bond donors (Lipinski definition) is 2. The number of nitro groups is 1. The minimum atomic E-state index is -0.884. The molecule has 5 rings (SSSR count). The second-order valence-electron chi connectivity index (χ2n) is 7.91. The minimum absolute atomic E-state index is 0.119. The highest BCUT2D eigenvalue weighted by atomic mass is 35.5. The first-order chi connectivity index (χ1) is 16.9. The van der Waals surface area contributed by atoms with Gasteiger partial charge in [0, 0.05) is 28.0 Å². The summed E-state index contributed by atoms with van der Waals surface area (Å²) in [5, 5.41) is 23.1. The van der Waals surface area contributed by atoms with Crippen LogP contribution in [0, 0.1) is 10.1 Å². The van der Waals surface area contributed by atoms with Crippen molar-refractivity contribution in [3.63, 3.8) is 0 Å². The topological polar surface area (TPSA) is 115 Å². The van der Waals surface area contributed by atoms with E-state index < -0.39 is 16.9 Å². The van der Waals surface area contributed by atoms with Crippen molar-refractivity contribution in [1.82, 2.24) is 14.8 Å². The number of anilines is 2. The fraction of sp³-hybridized carbons (Fsp3) is 0.0800. The minimum Gasteiger partial charge on any atom is -0.328 e. The van der Waals surface area contributed by atoms with E-state index in [1.165, 1.54) is 10.7 Å². The number of halogens is 1. The van der Waals surface area contributed by atoms with E-state index in [9.17, 15) is 14.9 Å². The first-order valence-electron chi connectivity index (χ1n) is 10.7. The number of fused-ring (bicyclic) bond motifs is 1. The van der Waals surface area contributed by atoms with E-state index in [0.29, 0.717) is 44.9 Å². The lowest BCUT2D eigenvalue weighted by Crippen LogP contribution is -2.31. The van der Waals surface area contributed by atoms with E-state index in [-0.39, 0.29) is 5.69 Å². The van der Waals surface area contributed by atoms with Crippen LogP contribution in [-0.2, 0) is 4.79 Å². The second-order valence-corrected chi connectivity index (χ2v) is 8.35. The quantitative estimate of drug-likeness (QED) is 0.287. The molecule has 1 amide bonds. The third kappa shape index (κ3) is 4.24. The summed E-state index contributed by atoms with van der Waals surface area (Å²) < 4.78 is 1.51. The summed E-state index contributed by atoms with van der Waals surface area (Å²) in [6, 6.07) is 21.5. The van der Waals surface area contributed by atoms with E-state index in [1.54, 1.807) is 61.5 Å². The second kappa shape index (κ2) is 9.03. The number of nitrogens with one attached hydrogen (secondary N) is 2. The Morgan fingerprint density at radius 2 is 1.74 bits per heavy atom. The standard InChI is InChI=1S/C25H19ClN6O3/c1-15-21(24(33)28-18-7-3-2-4-8-18)22(19-9-5-6-10-20(19)32(34)35)31-25(27-15)29-23(30-31)16-11-13-17(26)14-12-16/h2-14,22H,1H3,(H,28,33)(H,27,29,30). The molecule has 0 spiro atoms. The molecule has 2 N–H and O–H groups in total. The van der Waals surface area contributed by atoms with Gasteiger partial charge in [-0.2, -0.15) is 4.98 Å². The van der Waals surface area contributed by atoms with Crippen LogP contribution in [0.1, 0.15) is 18.5 Å². The number of nitrogens with zero attached hydrogens (tertiary/aromatic N) is 4. The lowest BCUT2D eigenvalue weighted by atomic mass is 9.93. The molecule has 0 fully saturated rings. The van der Waals surface area contributed by atoms with Crippen molar-refractivity contribution in [2.24, 2.45) is 0 Å². The lowest BCUT2D eigenvalue weighted by molar-refractivity contribution is -0.385. The zero-order valence-corrected chi connectivity index (χ0v) is 19.2. The van der Waals surface area contributed by atoms with Crippen molar-refractivity contribution in [1.29, 1.82) is 0 Å². The Kier molecular flexibility index (Phi) is 5.76. The maximum absolute atomic E-state index is 13.5. The van der Waals surface area contributed by atoms with Gasteiger partial charge in [0.25, 0.3) is 11.6 Å². The number of para-hydroxylation sites is 2. The fourth-order valence-electron chi connectivity index (χ4n) is 4.06. The first-order valence-corrected chi connectivity index (χ1v) is 11.1. The summed E-state index contributed by atoms with van der Waals surface area (Å²) in [5.74, 6) is 0.357. The van der Waals surface area contributed by atoms with Crippen LogP contribution in [-0.4, -0.2) is 25.6 Å². The maximum atomic E-state index is 13.5. The van der Waals surface area contributed by atoms with Crippen LogP contribution < -0.4 is 10.6 Å². The molecular weight excluding hydrogens is 468 g/mol. The molecule has 4 aromatic rings. The molecule has 1 unspecified atom stereocenters. The summed E-state index contributed by atoms with van der Waals surface area (Å²) >= 11 is 6.02. The SMILES string of the molecule is CC1=C(C(=O)Nc2ccccc2)C(c2ccccc2[N+](=O)[O-])n2nc(-c3ccc(Cl)cc3)nc2N1. The monoisotopic (exact) mass is 486 g/mol. The molecule has 2 heterocycles. The van der Waals surface area contributed by atoms with E-state index in [2.05, 4.69) is 20.7 Å². The molecule has 1 aromatic heterocycles. The van der Waals surface area contributed by atoms with Gasteiger partial charge < -0.3 is 10.6 Å². The lowest BCUT2D eigenvalue weighted by Gasteiger charge is -2.28. The first kappa shape index (κ1) is 22.3. The molecule has 0 saturated carbocycles. The van der Waals surface area contributed by atoms with Crippen molar-refractivity contribution in [3.8, 4) is 11.4 Å². The van der Waals surface area contributed by atoms with Crippen LogP contribution in [0.3, 0.4) is 0 Å². The van der Waals surface area contributed by atoms with Crippen LogP contribution in [0.2, 0.25) is 5.02 Å². The van der Waals surface area contributed by atoms with E-state index >= 15 is 0 Å². The van der Waals surface area contributed by atoms with Crippen molar-refractivity contribution in [2.45, 2.75) is 13.0 Å². The molecular formula is C25H19ClN6O3. The van der Waals surface area contributed by atoms with Gasteiger partial charge in [-0.3, -0.25) is 14.9 Å². The zero-order valence-electron chi connectivity index (χ0n) is 18.5. The molecule has 3 aromatic carbocycles. The largest absolute Gasteiger partial charge is 0.328 e. The highest BCUT2D eigenvalue weighted by Crippen LogP contribution is 2.40. The van der Waals surface area contributed by atoms with Gasteiger partial charge in [0.2, 0.25) is 5.95 Å². The zero-order chi connectivity index (χ0) is 24.5. The smallest absolute Gasteiger partial charge is 0.275 e. The van der Waals surface area contributed by atoms with Crippen LogP contribution in [0.5, 0.6) is 0 Å². The van der Waals surface area contributed by atoms with Gasteiger partial charge in [0.1, 0.15) is 6.04 Å². The number of benzene rings is 3. The average Bonchev–Trinajstić information content (AvgIpc) is 3.27. The number of carbonyl (C=O) groups excluding carboxylic acids is 1. The normalized spacial score (nSPS) is 14.7. The number of nitro benzene ring substituents is 1. The molecule has 1 aliphatic heterocycles. The van der Waals surface area contributed by atoms with Gasteiger partial charge in [-0.15, -0.1) is 5.10 Å². The molecule has 0 radical (unpaired) electrons. The Bertz CT molecular complexity index is 1460. The predicted octanol–water partition coefficient (Wildman–Crippen LogP) is 5.43. The molecule has 1 atom stereocenters. The van der Waals surface area contributed by atoms with Crippen molar-refractivity contribution in [3.05, 3.63) is 111 Å². The number of carbonyl (C=O) groups is 1. The number of allylic oxidation sites excluding steroid dienone is 1. The summed E-state index contributed by atoms with van der Waals surface area (Å²) in [4.78, 5) is 29.5. The Labute approximate surface area is 205 Å². The Balaban J connectivity index is 1.66. The Hall–Kier alpha value is -4.50. The van der Waals surface area contributed by atoms with E-state index in [1.807, 2.05) is 18.2 Å². The van der Waals surface area contributed by atoms with Gasteiger partial charge >= 0.3 is 0 Å². The molecule has 174 valence electrons. The summed E-state index contributed by atoms with van der Waals surface area (Å²) in [6.07, 6.45) is 0. The van der Waals surface area contributed by atoms with Crippen molar-refractivity contribution >= 4 is 34.8 Å². The molecule has 9 nitrogen and oxygen atoms in total. The van der Waals surface area contributed by atoms with Crippen LogP contribution in [0.25, 0.3) is 11.4 Å². The highest BCUT2D eigenvalue weighted by molar-refractivity contribution is 6.30. The van der Waals surface area contributed by atoms with E-state index in [4.69, 9.17) is 11.6 Å². The molecule has 35 heavy (non-hydrogen) atoms. The summed E-state index contributed by atoms with van der Waals surface area (Å²) in [7, 11) is 0. The van der Waals surface area contributed by atoms with Gasteiger partial charge in [-0.05, 0) is 49.4 Å². The third-order valence-corrected chi connectivity index (χ3v) is 5.91. The summed E-state index contributed by atoms with van der Waals surface area (Å²) in [5.41, 5.74) is 2.34. The number of amides is 1. The molecule has 0 saturated heterocycles. The fourth-order valence-corrected chi connectivity index (χ4v) is 4.18. The van der Waals surface area contributed by atoms with Crippen molar-refractivity contribution in [2.75, 3.05) is 10.6 Å². The van der Waals surface area contributed by atoms with Crippen LogP contribution in [0.15, 0.2) is 90.1 Å². The van der Waals surface area contributed by atoms with Gasteiger partial charge in [-0.1, -0.05) is 41.9 Å². The van der Waals surface area contributed by atoms with Gasteiger partial charge in [0.15, 0.2) is 5.82 Å². The Morgan fingerprint density at radius 1 is 1.06 bits per heavy atom.